The lowest BCUT2D eigenvalue weighted by Gasteiger charge is -2.13. The summed E-state index contributed by atoms with van der Waals surface area (Å²) in [5.41, 5.74) is 1.04. The number of halogens is 1. The number of hydrogen-bond donors (Lipinski definition) is 2. The van der Waals surface area contributed by atoms with Crippen molar-refractivity contribution in [3.8, 4) is 0 Å². The lowest BCUT2D eigenvalue weighted by atomic mass is 9.88. The van der Waals surface area contributed by atoms with Gasteiger partial charge in [-0.25, -0.2) is 4.39 Å². The highest BCUT2D eigenvalue weighted by atomic mass is 32.2. The van der Waals surface area contributed by atoms with Crippen molar-refractivity contribution >= 4 is 18.8 Å². The zero-order valence-electron chi connectivity index (χ0n) is 15.0. The summed E-state index contributed by atoms with van der Waals surface area (Å²) in [4.78, 5) is 0.872. The molecule has 2 N–H and O–H groups in total. The van der Waals surface area contributed by atoms with Crippen LogP contribution in [0.5, 0.6) is 0 Å². The molecule has 0 bridgehead atoms. The number of thioether (sulfide) groups is 1. The second-order valence-corrected chi connectivity index (χ2v) is 8.14. The maximum absolute atomic E-state index is 13.5. The zero-order chi connectivity index (χ0) is 17.9. The van der Waals surface area contributed by atoms with E-state index >= 15 is 0 Å². The predicted molar refractivity (Wildman–Crippen MR) is 97.6 cm³/mol. The van der Waals surface area contributed by atoms with Crippen LogP contribution in [0.1, 0.15) is 34.1 Å². The molecule has 0 aromatic heterocycles. The Morgan fingerprint density at radius 3 is 2.71 bits per heavy atom. The molecule has 1 aliphatic rings. The van der Waals surface area contributed by atoms with Crippen LogP contribution in [0.25, 0.3) is 0 Å². The van der Waals surface area contributed by atoms with E-state index in [9.17, 15) is 9.41 Å². The van der Waals surface area contributed by atoms with Gasteiger partial charge in [0.1, 0.15) is 11.9 Å². The van der Waals surface area contributed by atoms with Crippen LogP contribution in [0.4, 0.5) is 4.39 Å². The van der Waals surface area contributed by atoms with Gasteiger partial charge in [0.2, 0.25) is 0 Å². The monoisotopic (exact) mass is 350 g/mol. The second-order valence-electron chi connectivity index (χ2n) is 7.08. The van der Waals surface area contributed by atoms with Crippen molar-refractivity contribution in [3.05, 3.63) is 40.7 Å². The normalized spacial score (nSPS) is 18.1. The van der Waals surface area contributed by atoms with Gasteiger partial charge in [0.05, 0.1) is 0 Å². The number of azo groups is 2. The van der Waals surface area contributed by atoms with Crippen molar-refractivity contribution in [3.63, 3.8) is 0 Å². The molecule has 7 heteroatoms. The molecule has 130 valence electrons. The van der Waals surface area contributed by atoms with Gasteiger partial charge in [0.15, 0.2) is 5.54 Å². The van der Waals surface area contributed by atoms with Crippen molar-refractivity contribution in [1.82, 2.24) is 5.23 Å². The maximum Gasteiger partial charge on any atom is 0.373 e. The molecule has 1 aliphatic heterocycles. The van der Waals surface area contributed by atoms with E-state index in [1.165, 1.54) is 11.6 Å². The summed E-state index contributed by atoms with van der Waals surface area (Å²) in [7, 11) is -0.518. The van der Waals surface area contributed by atoms with Crippen molar-refractivity contribution in [1.29, 1.82) is 0 Å². The lowest BCUT2D eigenvalue weighted by Crippen LogP contribution is -2.32. The van der Waals surface area contributed by atoms with E-state index in [1.54, 1.807) is 30.7 Å². The Balaban J connectivity index is 2.23. The number of nitrogens with zero attached hydrogens (tertiary/aromatic N) is 2. The molecule has 1 unspecified atom stereocenters. The Labute approximate surface area is 148 Å². The quantitative estimate of drug-likeness (QED) is 0.605. The molecule has 0 amide bonds. The Bertz CT molecular complexity index is 655. The van der Waals surface area contributed by atoms with Crippen LogP contribution in [-0.4, -0.2) is 34.9 Å². The molecule has 1 aromatic carbocycles. The van der Waals surface area contributed by atoms with Crippen molar-refractivity contribution < 1.29 is 14.1 Å². The molecule has 1 aromatic rings. The third-order valence-electron chi connectivity index (χ3n) is 3.79. The average molecular weight is 350 g/mol. The third kappa shape index (κ3) is 4.91. The molecular weight excluding hydrogens is 324 g/mol. The summed E-state index contributed by atoms with van der Waals surface area (Å²) < 4.78 is 15.5. The Morgan fingerprint density at radius 2 is 2.12 bits per heavy atom. The molecule has 24 heavy (non-hydrogen) atoms. The van der Waals surface area contributed by atoms with E-state index < -0.39 is 7.05 Å². The number of hydrogen-bond acceptors (Lipinski definition) is 4. The first kappa shape index (κ1) is 19.2. The molecule has 1 heterocycles. The van der Waals surface area contributed by atoms with E-state index in [0.717, 1.165) is 16.3 Å². The van der Waals surface area contributed by atoms with Gasteiger partial charge in [-0.2, -0.15) is 0 Å². The van der Waals surface area contributed by atoms with Crippen molar-refractivity contribution in [2.75, 3.05) is 6.54 Å². The van der Waals surface area contributed by atoms with Gasteiger partial charge in [-0.1, -0.05) is 10.8 Å². The van der Waals surface area contributed by atoms with Crippen LogP contribution in [0.3, 0.4) is 0 Å². The molecule has 0 spiro atoms. The van der Waals surface area contributed by atoms with E-state index in [0.29, 0.717) is 6.54 Å². The third-order valence-corrected chi connectivity index (χ3v) is 4.97. The van der Waals surface area contributed by atoms with Gasteiger partial charge in [-0.05, 0) is 61.8 Å². The molecule has 0 radical (unpaired) electrons. The van der Waals surface area contributed by atoms with Gasteiger partial charge in [0.25, 0.3) is 5.03 Å². The minimum atomic E-state index is -0.518. The van der Waals surface area contributed by atoms with Crippen LogP contribution in [-0.2, 0) is 0 Å². The summed E-state index contributed by atoms with van der Waals surface area (Å²) in [6.07, 6.45) is 0.816. The largest absolute Gasteiger partial charge is 0.437 e. The topological polar surface area (TPSA) is 47.6 Å². The van der Waals surface area contributed by atoms with Crippen molar-refractivity contribution in [2.24, 2.45) is 5.11 Å². The highest BCUT2D eigenvalue weighted by molar-refractivity contribution is 8.02. The fourth-order valence-corrected chi connectivity index (χ4v) is 3.78. The summed E-state index contributed by atoms with van der Waals surface area (Å²) in [5, 5.41) is 18.3. The van der Waals surface area contributed by atoms with E-state index in [1.807, 2.05) is 10.8 Å². The van der Waals surface area contributed by atoms with E-state index in [2.05, 4.69) is 32.9 Å². The highest BCUT2D eigenvalue weighted by Crippen LogP contribution is 2.39. The van der Waals surface area contributed by atoms with Crippen LogP contribution in [0.15, 0.2) is 44.9 Å². The van der Waals surface area contributed by atoms with Crippen LogP contribution in [0.2, 0.25) is 6.82 Å². The summed E-state index contributed by atoms with van der Waals surface area (Å²) in [6, 6.07) is 6.72. The minimum absolute atomic E-state index is 0.0755. The predicted octanol–water partition coefficient (Wildman–Crippen LogP) is 3.88. The van der Waals surface area contributed by atoms with Gasteiger partial charge < -0.3 is 10.3 Å². The molecule has 1 atom stereocenters. The number of rotatable bonds is 6. The zero-order valence-corrected chi connectivity index (χ0v) is 15.8. The first-order chi connectivity index (χ1) is 11.2. The van der Waals surface area contributed by atoms with Crippen LogP contribution < -0.4 is 5.23 Å². The molecule has 0 saturated heterocycles. The maximum atomic E-state index is 13.5. The fraction of sp³-hybridized carbons (Fsp3) is 0.529. The summed E-state index contributed by atoms with van der Waals surface area (Å²) >= 11 is 1.55. The minimum Gasteiger partial charge on any atom is -0.437 e. The van der Waals surface area contributed by atoms with Gasteiger partial charge >= 0.3 is 7.05 Å². The average Bonchev–Trinajstić information content (AvgIpc) is 2.76. The Hall–Kier alpha value is -1.18. The molecular formula is C17H26BFN3OS+. The first-order valence-electron chi connectivity index (χ1n) is 8.25. The molecule has 0 aliphatic carbocycles. The lowest BCUT2D eigenvalue weighted by molar-refractivity contribution is -0.600. The molecule has 0 saturated carbocycles. The summed E-state index contributed by atoms with van der Waals surface area (Å²) in [6.45, 7) is 10.8. The van der Waals surface area contributed by atoms with Crippen LogP contribution in [0, 0.1) is 5.82 Å². The van der Waals surface area contributed by atoms with Gasteiger partial charge in [-0.15, -0.1) is 0 Å². The second kappa shape index (κ2) is 7.80. The Kier molecular flexibility index (Phi) is 6.23. The smallest absolute Gasteiger partial charge is 0.373 e. The number of benzene rings is 1. The SMILES string of the molecule is CB(O)NCCC1N=[N+](C(C)(C)C)C(Sc2cccc(F)c2)=C1C. The molecule has 4 nitrogen and oxygen atoms in total. The van der Waals surface area contributed by atoms with Gasteiger partial charge in [0, 0.05) is 31.2 Å². The molecule has 2 rings (SSSR count). The number of nitrogens with one attached hydrogen (secondary N) is 1. The Morgan fingerprint density at radius 1 is 1.42 bits per heavy atom. The standard InChI is InChI=1S/C17H26BFN3OS/c1-12-15(9-10-20-18(5)23)21-22(17(2,3)4)16(12)24-14-8-6-7-13(19)11-14/h6-8,11,15,20,23H,9-10H2,1-5H3/q+1. The highest BCUT2D eigenvalue weighted by Gasteiger charge is 2.41. The van der Waals surface area contributed by atoms with Crippen molar-refractivity contribution in [2.45, 2.75) is 57.4 Å². The summed E-state index contributed by atoms with van der Waals surface area (Å²) in [5.74, 6) is -0.229. The van der Waals surface area contributed by atoms with E-state index in [4.69, 9.17) is 5.11 Å². The first-order valence-corrected chi connectivity index (χ1v) is 9.07. The fourth-order valence-electron chi connectivity index (χ4n) is 2.53. The van der Waals surface area contributed by atoms with Crippen LogP contribution >= 0.6 is 11.8 Å². The van der Waals surface area contributed by atoms with Gasteiger partial charge in [-0.3, -0.25) is 0 Å². The van der Waals surface area contributed by atoms with E-state index in [-0.39, 0.29) is 17.4 Å². The molecule has 0 fully saturated rings.